The molecule has 158 valence electrons. The number of piperidine rings is 1. The van der Waals surface area contributed by atoms with Crippen LogP contribution in [0.25, 0.3) is 16.6 Å². The van der Waals surface area contributed by atoms with E-state index in [1.807, 2.05) is 41.4 Å². The van der Waals surface area contributed by atoms with Gasteiger partial charge >= 0.3 is 0 Å². The van der Waals surface area contributed by atoms with Crippen LogP contribution in [0, 0.1) is 0 Å². The summed E-state index contributed by atoms with van der Waals surface area (Å²) in [7, 11) is 1.59. The Labute approximate surface area is 179 Å². The molecule has 31 heavy (non-hydrogen) atoms. The van der Waals surface area contributed by atoms with E-state index in [0.717, 1.165) is 41.4 Å². The van der Waals surface area contributed by atoms with Crippen molar-refractivity contribution in [1.29, 1.82) is 0 Å². The van der Waals surface area contributed by atoms with Crippen LogP contribution in [-0.4, -0.2) is 49.9 Å². The van der Waals surface area contributed by atoms with E-state index in [1.165, 1.54) is 6.20 Å². The van der Waals surface area contributed by atoms with Crippen LogP contribution >= 0.6 is 0 Å². The molecule has 8 nitrogen and oxygen atoms in total. The zero-order chi connectivity index (χ0) is 21.4. The highest BCUT2D eigenvalue weighted by Crippen LogP contribution is 2.32. The molecule has 2 amide bonds. The van der Waals surface area contributed by atoms with Gasteiger partial charge in [0, 0.05) is 36.9 Å². The smallest absolute Gasteiger partial charge is 0.256 e. The molecule has 2 N–H and O–H groups in total. The molecule has 4 heterocycles. The number of aromatic amines is 1. The lowest BCUT2D eigenvalue weighted by Gasteiger charge is -2.36. The Morgan fingerprint density at radius 3 is 2.97 bits per heavy atom. The molecule has 0 aliphatic carbocycles. The lowest BCUT2D eigenvalue weighted by molar-refractivity contribution is -0.134. The number of hydrogen-bond acceptors (Lipinski definition) is 4. The van der Waals surface area contributed by atoms with E-state index < -0.39 is 0 Å². The van der Waals surface area contributed by atoms with Crippen LogP contribution in [0.5, 0.6) is 0 Å². The van der Waals surface area contributed by atoms with Gasteiger partial charge in [0.15, 0.2) is 5.65 Å². The summed E-state index contributed by atoms with van der Waals surface area (Å²) >= 11 is 0. The Morgan fingerprint density at radius 1 is 1.23 bits per heavy atom. The Morgan fingerprint density at radius 2 is 2.10 bits per heavy atom. The third kappa shape index (κ3) is 3.34. The number of H-pyrrole nitrogens is 1. The SMILES string of the molecule is CNC(=O)c1cnn2c([C@H]3CCCCN3C(=O)Cc3c[nH]c4ccccc34)ccnc12. The molecule has 1 aliphatic heterocycles. The highest BCUT2D eigenvalue weighted by Gasteiger charge is 2.31. The van der Waals surface area contributed by atoms with Gasteiger partial charge in [0.2, 0.25) is 5.91 Å². The summed E-state index contributed by atoms with van der Waals surface area (Å²) in [5.74, 6) is -0.131. The molecule has 0 saturated carbocycles. The summed E-state index contributed by atoms with van der Waals surface area (Å²) in [4.78, 5) is 35.1. The van der Waals surface area contributed by atoms with E-state index >= 15 is 0 Å². The van der Waals surface area contributed by atoms with Gasteiger partial charge in [0.25, 0.3) is 5.91 Å². The number of fused-ring (bicyclic) bond motifs is 2. The summed E-state index contributed by atoms with van der Waals surface area (Å²) in [6.07, 6.45) is 8.36. The maximum Gasteiger partial charge on any atom is 0.256 e. The first-order valence-corrected chi connectivity index (χ1v) is 10.6. The van der Waals surface area contributed by atoms with E-state index in [1.54, 1.807) is 17.8 Å². The van der Waals surface area contributed by atoms with Gasteiger partial charge in [0.05, 0.1) is 24.4 Å². The molecule has 8 heteroatoms. The van der Waals surface area contributed by atoms with E-state index in [4.69, 9.17) is 0 Å². The van der Waals surface area contributed by atoms with Crippen molar-refractivity contribution in [2.75, 3.05) is 13.6 Å². The monoisotopic (exact) mass is 416 g/mol. The Balaban J connectivity index is 1.48. The van der Waals surface area contributed by atoms with Gasteiger partial charge in [-0.3, -0.25) is 9.59 Å². The minimum Gasteiger partial charge on any atom is -0.361 e. The van der Waals surface area contributed by atoms with Crippen molar-refractivity contribution in [1.82, 2.24) is 29.8 Å². The topological polar surface area (TPSA) is 95.4 Å². The number of hydrogen-bond donors (Lipinski definition) is 2. The molecule has 1 fully saturated rings. The average Bonchev–Trinajstić information content (AvgIpc) is 3.43. The molecule has 1 aliphatic rings. The second-order valence-electron chi connectivity index (χ2n) is 7.88. The summed E-state index contributed by atoms with van der Waals surface area (Å²) in [6.45, 7) is 0.708. The van der Waals surface area contributed by atoms with E-state index in [9.17, 15) is 9.59 Å². The number of likely N-dealkylation sites (tertiary alicyclic amines) is 1. The molecular formula is C23H24N6O2. The lowest BCUT2D eigenvalue weighted by Crippen LogP contribution is -2.40. The number of aromatic nitrogens is 4. The van der Waals surface area contributed by atoms with Gasteiger partial charge in [-0.2, -0.15) is 5.10 Å². The third-order valence-corrected chi connectivity index (χ3v) is 6.08. The maximum absolute atomic E-state index is 13.4. The molecule has 3 aromatic heterocycles. The summed E-state index contributed by atoms with van der Waals surface area (Å²) in [5.41, 5.74) is 3.86. The Kier molecular flexibility index (Phi) is 4.89. The largest absolute Gasteiger partial charge is 0.361 e. The number of nitrogens with one attached hydrogen (secondary N) is 2. The number of amides is 2. The van der Waals surface area contributed by atoms with E-state index in [-0.39, 0.29) is 17.9 Å². The van der Waals surface area contributed by atoms with Crippen molar-refractivity contribution in [3.63, 3.8) is 0 Å². The summed E-state index contributed by atoms with van der Waals surface area (Å²) in [5, 5.41) is 8.13. The van der Waals surface area contributed by atoms with Crippen LogP contribution in [0.4, 0.5) is 0 Å². The molecule has 0 bridgehead atoms. The number of rotatable bonds is 4. The van der Waals surface area contributed by atoms with Crippen LogP contribution in [-0.2, 0) is 11.2 Å². The third-order valence-electron chi connectivity index (χ3n) is 6.08. The maximum atomic E-state index is 13.4. The molecule has 0 spiro atoms. The number of nitrogens with zero attached hydrogens (tertiary/aromatic N) is 4. The van der Waals surface area contributed by atoms with Crippen molar-refractivity contribution in [3.8, 4) is 0 Å². The minimum absolute atomic E-state index is 0.0955. The predicted octanol–water partition coefficient (Wildman–Crippen LogP) is 2.87. The van der Waals surface area contributed by atoms with Gasteiger partial charge in [-0.15, -0.1) is 0 Å². The Bertz CT molecular complexity index is 1270. The van der Waals surface area contributed by atoms with Crippen LogP contribution in [0.2, 0.25) is 0 Å². The molecule has 5 rings (SSSR count). The Hall–Kier alpha value is -3.68. The second kappa shape index (κ2) is 7.86. The van der Waals surface area contributed by atoms with Gasteiger partial charge < -0.3 is 15.2 Å². The number of para-hydroxylation sites is 1. The van der Waals surface area contributed by atoms with Crippen LogP contribution < -0.4 is 5.32 Å². The van der Waals surface area contributed by atoms with Crippen molar-refractivity contribution >= 4 is 28.4 Å². The van der Waals surface area contributed by atoms with Crippen molar-refractivity contribution in [2.45, 2.75) is 31.7 Å². The zero-order valence-electron chi connectivity index (χ0n) is 17.3. The highest BCUT2D eigenvalue weighted by atomic mass is 16.2. The van der Waals surface area contributed by atoms with Crippen molar-refractivity contribution in [2.24, 2.45) is 0 Å². The average molecular weight is 416 g/mol. The van der Waals surface area contributed by atoms with Gasteiger partial charge in [-0.25, -0.2) is 9.50 Å². The fourth-order valence-corrected chi connectivity index (χ4v) is 4.54. The molecule has 0 radical (unpaired) electrons. The summed E-state index contributed by atoms with van der Waals surface area (Å²) < 4.78 is 1.70. The fraction of sp³-hybridized carbons (Fsp3) is 0.304. The van der Waals surface area contributed by atoms with E-state index in [0.29, 0.717) is 24.2 Å². The molecule has 1 aromatic carbocycles. The quantitative estimate of drug-likeness (QED) is 0.535. The predicted molar refractivity (Wildman–Crippen MR) is 117 cm³/mol. The minimum atomic E-state index is -0.226. The zero-order valence-corrected chi connectivity index (χ0v) is 17.3. The fourth-order valence-electron chi connectivity index (χ4n) is 4.54. The lowest BCUT2D eigenvalue weighted by atomic mass is 9.97. The number of benzene rings is 1. The van der Waals surface area contributed by atoms with E-state index in [2.05, 4.69) is 20.4 Å². The molecule has 0 unspecified atom stereocenters. The van der Waals surface area contributed by atoms with Gasteiger partial charge in [-0.05, 0) is 37.0 Å². The van der Waals surface area contributed by atoms with Crippen LogP contribution in [0.3, 0.4) is 0 Å². The first-order valence-electron chi connectivity index (χ1n) is 10.6. The second-order valence-corrected chi connectivity index (χ2v) is 7.88. The normalized spacial score (nSPS) is 16.7. The van der Waals surface area contributed by atoms with Gasteiger partial charge in [0.1, 0.15) is 5.56 Å². The van der Waals surface area contributed by atoms with Crippen LogP contribution in [0.1, 0.15) is 46.9 Å². The molecule has 4 aromatic rings. The molecule has 1 saturated heterocycles. The standard InChI is InChI=1S/C23H24N6O2/c1-24-23(31)17-14-27-29-20(9-10-25-22(17)29)19-8-4-5-11-28(19)21(30)12-15-13-26-18-7-3-2-6-16(15)18/h2-3,6-7,9-10,13-14,19,26H,4-5,8,11-12H2,1H3,(H,24,31)/t19-/m1/s1. The first-order chi connectivity index (χ1) is 15.2. The molecular weight excluding hydrogens is 392 g/mol. The number of carbonyl (C=O) groups is 2. The van der Waals surface area contributed by atoms with Crippen LogP contribution in [0.15, 0.2) is 48.9 Å². The van der Waals surface area contributed by atoms with Crippen molar-refractivity contribution < 1.29 is 9.59 Å². The molecule has 1 atom stereocenters. The summed E-state index contributed by atoms with van der Waals surface area (Å²) in [6, 6.07) is 9.83. The number of carbonyl (C=O) groups excluding carboxylic acids is 2. The van der Waals surface area contributed by atoms with Gasteiger partial charge in [-0.1, -0.05) is 18.2 Å². The van der Waals surface area contributed by atoms with Crippen molar-refractivity contribution in [3.05, 3.63) is 65.7 Å². The highest BCUT2D eigenvalue weighted by molar-refractivity contribution is 5.99. The first kappa shape index (κ1) is 19.3.